The van der Waals surface area contributed by atoms with Gasteiger partial charge in [0.15, 0.2) is 0 Å². The minimum absolute atomic E-state index is 0.194. The van der Waals surface area contributed by atoms with E-state index in [9.17, 15) is 0 Å². The van der Waals surface area contributed by atoms with Crippen LogP contribution in [0.3, 0.4) is 0 Å². The van der Waals surface area contributed by atoms with E-state index in [2.05, 4.69) is 90.1 Å². The van der Waals surface area contributed by atoms with Crippen molar-refractivity contribution in [2.45, 2.75) is 81.6 Å². The minimum Gasteiger partial charge on any atom is -0.263 e. The average Bonchev–Trinajstić information content (AvgIpc) is 3.51. The van der Waals surface area contributed by atoms with E-state index in [1.807, 2.05) is 90.0 Å². The van der Waals surface area contributed by atoms with Crippen molar-refractivity contribution >= 4 is 21.1 Å². The molecule has 0 amide bonds. The van der Waals surface area contributed by atoms with E-state index in [0.717, 1.165) is 33.6 Å². The predicted molar refractivity (Wildman–Crippen MR) is 196 cm³/mol. The van der Waals surface area contributed by atoms with Gasteiger partial charge in [0, 0.05) is 4.90 Å². The fourth-order valence-corrected chi connectivity index (χ4v) is 9.33. The highest BCUT2D eigenvalue weighted by Crippen LogP contribution is 2.51. The topological polar surface area (TPSA) is 41.9 Å². The maximum Gasteiger partial charge on any atom is 0.129 e. The molecule has 1 fully saturated rings. The smallest absolute Gasteiger partial charge is 0.129 e. The number of anilines is 1. The molecule has 0 N–H and O–H groups in total. The first-order chi connectivity index (χ1) is 22.7. The number of para-hydroxylation sites is 1. The minimum atomic E-state index is -3.22. The van der Waals surface area contributed by atoms with Crippen LogP contribution in [0.4, 0.5) is 11.4 Å². The Kier molecular flexibility index (Phi) is 9.67. The summed E-state index contributed by atoms with van der Waals surface area (Å²) in [4.78, 5) is 7.73. The van der Waals surface area contributed by atoms with Crippen LogP contribution in [-0.2, 0) is 14.6 Å². The summed E-state index contributed by atoms with van der Waals surface area (Å²) in [5.74, 6) is 0.754. The van der Waals surface area contributed by atoms with Crippen LogP contribution in [0.1, 0.15) is 99.3 Å². The number of benzene rings is 5. The van der Waals surface area contributed by atoms with E-state index in [4.69, 9.17) is 9.20 Å². The molecule has 6 rings (SSSR count). The lowest BCUT2D eigenvalue weighted by Gasteiger charge is -2.30. The van der Waals surface area contributed by atoms with Gasteiger partial charge in [0.05, 0.1) is 21.1 Å². The third-order valence-electron chi connectivity index (χ3n) is 9.15. The summed E-state index contributed by atoms with van der Waals surface area (Å²) in [6, 6.07) is 44.8. The number of hydrogen-bond acceptors (Lipinski definition) is 4. The summed E-state index contributed by atoms with van der Waals surface area (Å²) in [7, 11) is -3.22. The molecule has 1 saturated heterocycles. The van der Waals surface area contributed by atoms with Gasteiger partial charge < -0.3 is 0 Å². The van der Waals surface area contributed by atoms with Crippen molar-refractivity contribution in [2.75, 3.05) is 5.06 Å². The number of nitrogens with zero attached hydrogens (tertiary/aromatic N) is 2. The molecule has 1 aliphatic heterocycles. The van der Waals surface area contributed by atoms with Crippen molar-refractivity contribution in [3.8, 4) is 0 Å². The molecule has 5 heteroatoms. The van der Waals surface area contributed by atoms with E-state index in [1.165, 1.54) is 5.56 Å². The second-order valence-corrected chi connectivity index (χ2v) is 15.7. The molecule has 242 valence electrons. The van der Waals surface area contributed by atoms with Crippen LogP contribution < -0.4 is 5.06 Å². The first kappa shape index (κ1) is 32.7. The molecule has 4 nitrogen and oxygen atoms in total. The van der Waals surface area contributed by atoms with Crippen LogP contribution in [0.15, 0.2) is 143 Å². The molecule has 0 saturated carbocycles. The molecule has 5 aromatic rings. The van der Waals surface area contributed by atoms with Gasteiger partial charge in [0.25, 0.3) is 0 Å². The van der Waals surface area contributed by atoms with Crippen molar-refractivity contribution < 1.29 is 9.05 Å². The Morgan fingerprint density at radius 3 is 1.57 bits per heavy atom. The van der Waals surface area contributed by atoms with Crippen molar-refractivity contribution in [3.63, 3.8) is 0 Å². The van der Waals surface area contributed by atoms with Crippen molar-refractivity contribution in [3.05, 3.63) is 161 Å². The van der Waals surface area contributed by atoms with Crippen LogP contribution in [0.5, 0.6) is 0 Å². The van der Waals surface area contributed by atoms with E-state index in [-0.39, 0.29) is 17.9 Å². The number of hydroxylamine groups is 1. The Bertz CT molecular complexity index is 1870. The molecule has 1 aliphatic rings. The van der Waals surface area contributed by atoms with Gasteiger partial charge in [0.2, 0.25) is 0 Å². The van der Waals surface area contributed by atoms with Crippen molar-refractivity contribution in [1.29, 1.82) is 0 Å². The summed E-state index contributed by atoms with van der Waals surface area (Å²) in [5, 5.41) is 1.42. The summed E-state index contributed by atoms with van der Waals surface area (Å²) >= 11 is 0. The normalized spacial score (nSPS) is 19.3. The van der Waals surface area contributed by atoms with Crippen LogP contribution in [0, 0.1) is 0 Å². The van der Waals surface area contributed by atoms with Gasteiger partial charge in [-0.15, -0.1) is 0 Å². The third kappa shape index (κ3) is 6.52. The highest BCUT2D eigenvalue weighted by molar-refractivity contribution is 7.94. The number of hydrogen-bond donors (Lipinski definition) is 0. The molecule has 0 spiro atoms. The van der Waals surface area contributed by atoms with E-state index in [0.29, 0.717) is 10.8 Å². The maximum absolute atomic E-state index is 16.6. The second kappa shape index (κ2) is 13.9. The summed E-state index contributed by atoms with van der Waals surface area (Å²) in [6.07, 6.45) is -0.530. The predicted octanol–water partition coefficient (Wildman–Crippen LogP) is 11.5. The number of rotatable bonds is 9. The average molecular weight is 643 g/mol. The summed E-state index contributed by atoms with van der Waals surface area (Å²) in [5.41, 5.74) is 7.31. The van der Waals surface area contributed by atoms with Gasteiger partial charge in [0.1, 0.15) is 17.4 Å². The molecular formula is C42H46N2O2S. The van der Waals surface area contributed by atoms with Crippen LogP contribution in [0.2, 0.25) is 0 Å². The fourth-order valence-electron chi connectivity index (χ4n) is 6.60. The highest BCUT2D eigenvalue weighted by atomic mass is 32.2. The SMILES string of the molecule is CC(C)c1cc(C(C)C)c(N=S(=O)(c2ccccc2)[C@@H]2[C@@H](c3ccccc3)ON(c3ccccc3)[C@H]2c2ccccc2)c(C(C)C)c1. The van der Waals surface area contributed by atoms with Gasteiger partial charge in [-0.1, -0.05) is 151 Å². The standard InChI is InChI=1S/C42H46N2O2S/c1-29(2)34-27-37(30(3)4)39(38(28-34)31(5)6)43-47(45,36-25-17-10-18-26-36)42-40(32-19-11-7-12-20-32)44(35-23-15-9-16-24-35)46-41(42)33-21-13-8-14-22-33/h7-31,40-42H,1-6H3/t40-,41+,42-,47?/m0/s1. The Morgan fingerprint density at radius 1 is 0.617 bits per heavy atom. The Balaban J connectivity index is 1.73. The zero-order valence-corrected chi connectivity index (χ0v) is 29.1. The van der Waals surface area contributed by atoms with E-state index >= 15 is 4.21 Å². The van der Waals surface area contributed by atoms with E-state index in [1.54, 1.807) is 0 Å². The lowest BCUT2D eigenvalue weighted by Crippen LogP contribution is -2.33. The zero-order chi connectivity index (χ0) is 33.1. The quantitative estimate of drug-likeness (QED) is 0.161. The second-order valence-electron chi connectivity index (χ2n) is 13.4. The molecule has 0 aromatic heterocycles. The first-order valence-electron chi connectivity index (χ1n) is 16.8. The fraction of sp³-hybridized carbons (Fsp3) is 0.286. The molecule has 0 aliphatic carbocycles. The lowest BCUT2D eigenvalue weighted by atomic mass is 9.88. The first-order valence-corrected chi connectivity index (χ1v) is 18.4. The monoisotopic (exact) mass is 642 g/mol. The molecule has 1 unspecified atom stereocenters. The zero-order valence-electron chi connectivity index (χ0n) is 28.3. The summed E-state index contributed by atoms with van der Waals surface area (Å²) < 4.78 is 22.2. The Morgan fingerprint density at radius 2 is 1.09 bits per heavy atom. The van der Waals surface area contributed by atoms with Gasteiger partial charge in [-0.25, -0.2) is 9.27 Å². The summed E-state index contributed by atoms with van der Waals surface area (Å²) in [6.45, 7) is 13.3. The molecule has 0 bridgehead atoms. The van der Waals surface area contributed by atoms with Gasteiger partial charge in [-0.2, -0.15) is 4.36 Å². The van der Waals surface area contributed by atoms with Crippen LogP contribution >= 0.6 is 0 Å². The Hall–Kier alpha value is -4.19. The molecule has 47 heavy (non-hydrogen) atoms. The molecular weight excluding hydrogens is 597 g/mol. The molecule has 1 heterocycles. The largest absolute Gasteiger partial charge is 0.263 e. The van der Waals surface area contributed by atoms with Crippen LogP contribution in [0.25, 0.3) is 0 Å². The van der Waals surface area contributed by atoms with Gasteiger partial charge in [-0.3, -0.25) is 4.84 Å². The Labute approximate surface area is 281 Å². The lowest BCUT2D eigenvalue weighted by molar-refractivity contribution is 0.0846. The highest BCUT2D eigenvalue weighted by Gasteiger charge is 2.51. The maximum atomic E-state index is 16.6. The van der Waals surface area contributed by atoms with Gasteiger partial charge in [-0.05, 0) is 69.8 Å². The molecule has 0 radical (unpaired) electrons. The van der Waals surface area contributed by atoms with Crippen molar-refractivity contribution in [1.82, 2.24) is 0 Å². The van der Waals surface area contributed by atoms with Crippen LogP contribution in [-0.4, -0.2) is 9.46 Å². The van der Waals surface area contributed by atoms with Gasteiger partial charge >= 0.3 is 0 Å². The molecule has 5 aromatic carbocycles. The molecule has 4 atom stereocenters. The van der Waals surface area contributed by atoms with E-state index < -0.39 is 21.1 Å². The van der Waals surface area contributed by atoms with Crippen molar-refractivity contribution in [2.24, 2.45) is 4.36 Å². The third-order valence-corrected chi connectivity index (χ3v) is 11.8.